The number of hydrogen-bond acceptors (Lipinski definition) is 5. The van der Waals surface area contributed by atoms with Crippen LogP contribution < -0.4 is 10.9 Å². The van der Waals surface area contributed by atoms with Crippen LogP contribution in [0.15, 0.2) is 11.0 Å². The summed E-state index contributed by atoms with van der Waals surface area (Å²) >= 11 is 0. The fourth-order valence-electron chi connectivity index (χ4n) is 3.16. The number of anilines is 1. The SMILES string of the molecule is COC1CCCC(Nc2nc3c(cnn3C(C)(C)C)c(=O)[nH]2)C1. The fraction of sp³-hybridized carbons (Fsp3) is 0.688. The van der Waals surface area contributed by atoms with Gasteiger partial charge in [-0.25, -0.2) is 4.68 Å². The molecule has 2 atom stereocenters. The predicted octanol–water partition coefficient (Wildman–Crippen LogP) is 2.24. The van der Waals surface area contributed by atoms with E-state index in [1.807, 2.05) is 20.8 Å². The maximum absolute atomic E-state index is 12.3. The predicted molar refractivity (Wildman–Crippen MR) is 89.8 cm³/mol. The van der Waals surface area contributed by atoms with Crippen molar-refractivity contribution in [3.63, 3.8) is 0 Å². The van der Waals surface area contributed by atoms with Gasteiger partial charge in [-0.1, -0.05) is 0 Å². The largest absolute Gasteiger partial charge is 0.381 e. The standard InChI is InChI=1S/C16H25N5O2/c1-16(2,3)21-13-12(9-17-21)14(22)20-15(19-13)18-10-6-5-7-11(8-10)23-4/h9-11H,5-8H2,1-4H3,(H2,18,19,20,22). The Morgan fingerprint density at radius 3 is 2.87 bits per heavy atom. The summed E-state index contributed by atoms with van der Waals surface area (Å²) in [6, 6.07) is 0.264. The van der Waals surface area contributed by atoms with Crippen molar-refractivity contribution >= 4 is 17.0 Å². The van der Waals surface area contributed by atoms with Gasteiger partial charge in [-0.05, 0) is 46.5 Å². The molecule has 0 bridgehead atoms. The number of methoxy groups -OCH3 is 1. The zero-order valence-electron chi connectivity index (χ0n) is 14.2. The van der Waals surface area contributed by atoms with Crippen molar-refractivity contribution in [2.75, 3.05) is 12.4 Å². The lowest BCUT2D eigenvalue weighted by molar-refractivity contribution is 0.0668. The Balaban J connectivity index is 1.91. The van der Waals surface area contributed by atoms with Gasteiger partial charge in [0.15, 0.2) is 5.65 Å². The van der Waals surface area contributed by atoms with Gasteiger partial charge in [0.2, 0.25) is 5.95 Å². The molecule has 2 aromatic heterocycles. The van der Waals surface area contributed by atoms with Gasteiger partial charge >= 0.3 is 0 Å². The molecule has 2 heterocycles. The fourth-order valence-corrected chi connectivity index (χ4v) is 3.16. The van der Waals surface area contributed by atoms with Gasteiger partial charge in [0, 0.05) is 13.2 Å². The van der Waals surface area contributed by atoms with Crippen molar-refractivity contribution in [3.8, 4) is 0 Å². The van der Waals surface area contributed by atoms with E-state index in [1.165, 1.54) is 0 Å². The minimum absolute atomic E-state index is 0.160. The number of nitrogens with zero attached hydrogens (tertiary/aromatic N) is 3. The number of H-pyrrole nitrogens is 1. The molecule has 2 aromatic rings. The first-order valence-corrected chi connectivity index (χ1v) is 8.16. The number of ether oxygens (including phenoxy) is 1. The quantitative estimate of drug-likeness (QED) is 0.906. The molecule has 23 heavy (non-hydrogen) atoms. The molecule has 7 nitrogen and oxygen atoms in total. The van der Waals surface area contributed by atoms with Crippen LogP contribution in [-0.2, 0) is 10.3 Å². The molecule has 126 valence electrons. The zero-order valence-corrected chi connectivity index (χ0v) is 14.2. The van der Waals surface area contributed by atoms with Crippen molar-refractivity contribution in [1.82, 2.24) is 19.7 Å². The number of aromatic nitrogens is 4. The van der Waals surface area contributed by atoms with Crippen LogP contribution in [0.25, 0.3) is 11.0 Å². The normalized spacial score (nSPS) is 22.4. The Kier molecular flexibility index (Phi) is 4.14. The second kappa shape index (κ2) is 5.96. The molecule has 0 aliphatic heterocycles. The summed E-state index contributed by atoms with van der Waals surface area (Å²) in [7, 11) is 1.75. The van der Waals surface area contributed by atoms with E-state index in [0.29, 0.717) is 17.0 Å². The maximum atomic E-state index is 12.3. The summed E-state index contributed by atoms with van der Waals surface area (Å²) in [6.07, 6.45) is 6.04. The average molecular weight is 319 g/mol. The minimum atomic E-state index is -0.230. The van der Waals surface area contributed by atoms with Crippen molar-refractivity contribution in [2.24, 2.45) is 0 Å². The average Bonchev–Trinajstić information content (AvgIpc) is 2.92. The highest BCUT2D eigenvalue weighted by atomic mass is 16.5. The number of nitrogens with one attached hydrogen (secondary N) is 2. The molecule has 0 spiro atoms. The highest BCUT2D eigenvalue weighted by Crippen LogP contribution is 2.23. The van der Waals surface area contributed by atoms with Crippen molar-refractivity contribution in [2.45, 2.75) is 64.1 Å². The number of aromatic amines is 1. The van der Waals surface area contributed by atoms with Crippen LogP contribution in [0.3, 0.4) is 0 Å². The molecular formula is C16H25N5O2. The third kappa shape index (κ3) is 3.24. The smallest absolute Gasteiger partial charge is 0.263 e. The van der Waals surface area contributed by atoms with E-state index < -0.39 is 0 Å². The topological polar surface area (TPSA) is 84.8 Å². The summed E-state index contributed by atoms with van der Waals surface area (Å²) in [5, 5.41) is 8.20. The Labute approximate surface area is 135 Å². The molecule has 1 saturated carbocycles. The lowest BCUT2D eigenvalue weighted by Crippen LogP contribution is -2.32. The maximum Gasteiger partial charge on any atom is 0.263 e. The van der Waals surface area contributed by atoms with Crippen molar-refractivity contribution in [1.29, 1.82) is 0 Å². The lowest BCUT2D eigenvalue weighted by atomic mass is 9.93. The molecule has 0 radical (unpaired) electrons. The van der Waals surface area contributed by atoms with Gasteiger partial charge in [-0.15, -0.1) is 0 Å². The van der Waals surface area contributed by atoms with Crippen LogP contribution in [0.5, 0.6) is 0 Å². The summed E-state index contributed by atoms with van der Waals surface area (Å²) in [5.74, 6) is 0.509. The molecule has 2 unspecified atom stereocenters. The second-order valence-electron chi connectivity index (χ2n) is 7.24. The summed E-state index contributed by atoms with van der Waals surface area (Å²) < 4.78 is 7.25. The van der Waals surface area contributed by atoms with Gasteiger partial charge in [0.1, 0.15) is 5.39 Å². The molecule has 3 rings (SSSR count). The molecular weight excluding hydrogens is 294 g/mol. The molecule has 7 heteroatoms. The Bertz CT molecular complexity index is 743. The van der Waals surface area contributed by atoms with E-state index in [2.05, 4.69) is 20.4 Å². The van der Waals surface area contributed by atoms with Gasteiger partial charge in [0.25, 0.3) is 5.56 Å². The Hall–Kier alpha value is -1.89. The molecule has 0 aromatic carbocycles. The number of rotatable bonds is 3. The summed E-state index contributed by atoms with van der Waals surface area (Å²) in [4.78, 5) is 19.7. The Morgan fingerprint density at radius 1 is 1.39 bits per heavy atom. The second-order valence-corrected chi connectivity index (χ2v) is 7.24. The van der Waals surface area contributed by atoms with Crippen LogP contribution in [0.2, 0.25) is 0 Å². The van der Waals surface area contributed by atoms with Crippen LogP contribution in [-0.4, -0.2) is 39.0 Å². The van der Waals surface area contributed by atoms with E-state index >= 15 is 0 Å². The number of hydrogen-bond donors (Lipinski definition) is 2. The molecule has 0 amide bonds. The highest BCUT2D eigenvalue weighted by molar-refractivity contribution is 5.74. The third-order valence-electron chi connectivity index (χ3n) is 4.37. The molecule has 1 aliphatic carbocycles. The highest BCUT2D eigenvalue weighted by Gasteiger charge is 2.23. The van der Waals surface area contributed by atoms with Gasteiger partial charge in [-0.2, -0.15) is 10.1 Å². The van der Waals surface area contributed by atoms with Crippen LogP contribution >= 0.6 is 0 Å². The third-order valence-corrected chi connectivity index (χ3v) is 4.37. The van der Waals surface area contributed by atoms with Crippen molar-refractivity contribution in [3.05, 3.63) is 16.6 Å². The monoisotopic (exact) mass is 319 g/mol. The summed E-state index contributed by atoms with van der Waals surface area (Å²) in [6.45, 7) is 6.12. The lowest BCUT2D eigenvalue weighted by Gasteiger charge is -2.29. The van der Waals surface area contributed by atoms with Crippen LogP contribution in [0.4, 0.5) is 5.95 Å². The molecule has 2 N–H and O–H groups in total. The van der Waals surface area contributed by atoms with Crippen LogP contribution in [0.1, 0.15) is 46.5 Å². The molecule has 1 fully saturated rings. The van der Waals surface area contributed by atoms with E-state index in [4.69, 9.17) is 4.74 Å². The first kappa shape index (κ1) is 16.0. The van der Waals surface area contributed by atoms with Gasteiger partial charge in [0.05, 0.1) is 17.8 Å². The van der Waals surface area contributed by atoms with E-state index in [1.54, 1.807) is 18.0 Å². The molecule has 1 aliphatic rings. The Morgan fingerprint density at radius 2 is 2.17 bits per heavy atom. The molecule has 0 saturated heterocycles. The van der Waals surface area contributed by atoms with Gasteiger partial charge < -0.3 is 10.1 Å². The first-order chi connectivity index (χ1) is 10.9. The van der Waals surface area contributed by atoms with E-state index in [9.17, 15) is 4.79 Å². The van der Waals surface area contributed by atoms with Crippen molar-refractivity contribution < 1.29 is 4.74 Å². The summed E-state index contributed by atoms with van der Waals surface area (Å²) in [5.41, 5.74) is 0.223. The van der Waals surface area contributed by atoms with E-state index in [0.717, 1.165) is 25.7 Å². The zero-order chi connectivity index (χ0) is 16.6. The van der Waals surface area contributed by atoms with Gasteiger partial charge in [-0.3, -0.25) is 9.78 Å². The first-order valence-electron chi connectivity index (χ1n) is 8.16. The van der Waals surface area contributed by atoms with Crippen LogP contribution in [0, 0.1) is 0 Å². The number of fused-ring (bicyclic) bond motifs is 1. The minimum Gasteiger partial charge on any atom is -0.381 e. The van der Waals surface area contributed by atoms with E-state index in [-0.39, 0.29) is 23.2 Å².